The number of rotatable bonds is 3. The van der Waals surface area contributed by atoms with Crippen LogP contribution in [-0.4, -0.2) is 9.97 Å². The van der Waals surface area contributed by atoms with Crippen molar-refractivity contribution in [2.75, 3.05) is 4.90 Å². The van der Waals surface area contributed by atoms with Crippen LogP contribution in [0, 0.1) is 0 Å². The highest BCUT2D eigenvalue weighted by atomic mass is 32.1. The molecule has 11 rings (SSSR count). The van der Waals surface area contributed by atoms with Crippen LogP contribution in [0.2, 0.25) is 0 Å². The molecule has 7 heteroatoms. The van der Waals surface area contributed by atoms with Crippen LogP contribution < -0.4 is 9.64 Å². The molecule has 0 spiro atoms. The van der Waals surface area contributed by atoms with E-state index >= 15 is 0 Å². The van der Waals surface area contributed by atoms with Gasteiger partial charge in [0.15, 0.2) is 22.7 Å². The molecule has 0 atom stereocenters. The Bertz CT molecular complexity index is 2890. The van der Waals surface area contributed by atoms with Gasteiger partial charge in [-0.2, -0.15) is 0 Å². The van der Waals surface area contributed by atoms with Crippen molar-refractivity contribution in [2.24, 2.45) is 0 Å². The van der Waals surface area contributed by atoms with E-state index in [1.165, 1.54) is 26.2 Å². The molecular formula is C42H23N3O3S. The van der Waals surface area contributed by atoms with Crippen molar-refractivity contribution in [3.8, 4) is 34.4 Å². The average molecular weight is 650 g/mol. The van der Waals surface area contributed by atoms with E-state index in [-0.39, 0.29) is 0 Å². The summed E-state index contributed by atoms with van der Waals surface area (Å²) in [7, 11) is 0. The zero-order chi connectivity index (χ0) is 32.1. The minimum absolute atomic E-state index is 0.557. The van der Waals surface area contributed by atoms with Crippen LogP contribution in [0.5, 0.6) is 11.5 Å². The number of oxazole rings is 2. The Morgan fingerprint density at radius 2 is 1.22 bits per heavy atom. The normalized spacial score (nSPS) is 12.6. The first kappa shape index (κ1) is 26.6. The number of anilines is 3. The van der Waals surface area contributed by atoms with Gasteiger partial charge in [0.25, 0.3) is 0 Å². The van der Waals surface area contributed by atoms with Gasteiger partial charge in [-0.15, -0.1) is 11.3 Å². The Balaban J connectivity index is 1.13. The SMILES string of the molecule is c1cc(-c2nc3ccccc3o2)cc(N2c3cc(-c4nc5ccccc5o4)ccc3Oc3c2ccc2c3sc3cc4ccccc4cc32)c1. The van der Waals surface area contributed by atoms with Crippen molar-refractivity contribution < 1.29 is 13.6 Å². The zero-order valence-corrected chi connectivity index (χ0v) is 26.6. The molecule has 4 heterocycles. The summed E-state index contributed by atoms with van der Waals surface area (Å²) in [5.74, 6) is 2.71. The standard InChI is InChI=1S/C42H23N3O3S/c1-2-9-25-23-38-30(21-24(25)8-1)29-17-18-33-39(40(29)49-38)46-37-19-16-27(42-44-32-13-4-6-15-36(32)48-42)22-34(37)45(33)28-11-7-10-26(20-28)41-43-31-12-3-5-14-35(31)47-41/h1-23H. The first-order valence-electron chi connectivity index (χ1n) is 16.1. The van der Waals surface area contributed by atoms with Gasteiger partial charge in [-0.1, -0.05) is 60.7 Å². The van der Waals surface area contributed by atoms with E-state index in [0.717, 1.165) is 66.6 Å². The van der Waals surface area contributed by atoms with Gasteiger partial charge in [-0.05, 0) is 89.6 Å². The fourth-order valence-electron chi connectivity index (χ4n) is 6.96. The Morgan fingerprint density at radius 3 is 1.98 bits per heavy atom. The molecule has 0 amide bonds. The fourth-order valence-corrected chi connectivity index (χ4v) is 8.17. The summed E-state index contributed by atoms with van der Waals surface area (Å²) in [6, 6.07) is 47.6. The molecule has 0 unspecified atom stereocenters. The fraction of sp³-hybridized carbons (Fsp3) is 0. The van der Waals surface area contributed by atoms with Crippen LogP contribution in [0.4, 0.5) is 17.1 Å². The van der Waals surface area contributed by atoms with Crippen molar-refractivity contribution in [2.45, 2.75) is 0 Å². The van der Waals surface area contributed by atoms with E-state index < -0.39 is 0 Å². The van der Waals surface area contributed by atoms with Crippen molar-refractivity contribution in [3.05, 3.63) is 140 Å². The second-order valence-corrected chi connectivity index (χ2v) is 13.3. The number of aromatic nitrogens is 2. The van der Waals surface area contributed by atoms with Gasteiger partial charge >= 0.3 is 0 Å². The number of hydrogen-bond donors (Lipinski definition) is 0. The van der Waals surface area contributed by atoms with E-state index in [0.29, 0.717) is 11.8 Å². The molecule has 0 fully saturated rings. The molecule has 0 N–H and O–H groups in total. The van der Waals surface area contributed by atoms with Crippen LogP contribution in [0.3, 0.4) is 0 Å². The molecule has 6 nitrogen and oxygen atoms in total. The third-order valence-corrected chi connectivity index (χ3v) is 10.4. The lowest BCUT2D eigenvalue weighted by Crippen LogP contribution is -2.16. The maximum Gasteiger partial charge on any atom is 0.227 e. The molecule has 1 aliphatic rings. The average Bonchev–Trinajstić information content (AvgIpc) is 3.88. The topological polar surface area (TPSA) is 64.5 Å². The molecule has 0 saturated heterocycles. The highest BCUT2D eigenvalue weighted by Gasteiger charge is 2.30. The van der Waals surface area contributed by atoms with E-state index in [1.54, 1.807) is 11.3 Å². The maximum absolute atomic E-state index is 6.86. The number of thiophene rings is 1. The van der Waals surface area contributed by atoms with Crippen molar-refractivity contribution in [3.63, 3.8) is 0 Å². The molecule has 7 aromatic carbocycles. The largest absolute Gasteiger partial charge is 0.451 e. The van der Waals surface area contributed by atoms with Gasteiger partial charge in [-0.3, -0.25) is 0 Å². The van der Waals surface area contributed by atoms with E-state index in [2.05, 4.69) is 71.6 Å². The highest BCUT2D eigenvalue weighted by Crippen LogP contribution is 2.56. The van der Waals surface area contributed by atoms with Crippen LogP contribution in [0.15, 0.2) is 148 Å². The maximum atomic E-state index is 6.86. The monoisotopic (exact) mass is 649 g/mol. The minimum Gasteiger partial charge on any atom is -0.451 e. The second-order valence-electron chi connectivity index (χ2n) is 12.2. The van der Waals surface area contributed by atoms with Crippen LogP contribution in [-0.2, 0) is 0 Å². The van der Waals surface area contributed by atoms with E-state index in [9.17, 15) is 0 Å². The molecule has 230 valence electrons. The Hall–Kier alpha value is -6.44. The van der Waals surface area contributed by atoms with E-state index in [4.69, 9.17) is 23.5 Å². The zero-order valence-electron chi connectivity index (χ0n) is 25.8. The number of benzene rings is 7. The summed E-state index contributed by atoms with van der Waals surface area (Å²) < 4.78 is 21.6. The lowest BCUT2D eigenvalue weighted by molar-refractivity contribution is 0.483. The molecule has 49 heavy (non-hydrogen) atoms. The van der Waals surface area contributed by atoms with Crippen molar-refractivity contribution in [1.29, 1.82) is 0 Å². The smallest absolute Gasteiger partial charge is 0.227 e. The summed E-state index contributed by atoms with van der Waals surface area (Å²) in [6.07, 6.45) is 0. The molecule has 0 radical (unpaired) electrons. The molecule has 0 saturated carbocycles. The van der Waals surface area contributed by atoms with Crippen LogP contribution >= 0.6 is 11.3 Å². The van der Waals surface area contributed by atoms with Gasteiger partial charge in [0, 0.05) is 32.3 Å². The number of fused-ring (bicyclic) bond motifs is 9. The molecular weight excluding hydrogens is 627 g/mol. The summed E-state index contributed by atoms with van der Waals surface area (Å²) in [5, 5.41) is 4.86. The number of nitrogens with zero attached hydrogens (tertiary/aromatic N) is 3. The summed E-state index contributed by atoms with van der Waals surface area (Å²) >= 11 is 1.77. The number of hydrogen-bond acceptors (Lipinski definition) is 7. The van der Waals surface area contributed by atoms with Crippen molar-refractivity contribution >= 4 is 81.5 Å². The Morgan fingerprint density at radius 1 is 0.531 bits per heavy atom. The predicted molar refractivity (Wildman–Crippen MR) is 198 cm³/mol. The number of para-hydroxylation sites is 4. The van der Waals surface area contributed by atoms with Gasteiger partial charge in [0.05, 0.1) is 16.1 Å². The summed E-state index contributed by atoms with van der Waals surface area (Å²) in [5.41, 5.74) is 7.67. The second kappa shape index (κ2) is 10.0. The quantitative estimate of drug-likeness (QED) is 0.190. The third kappa shape index (κ3) is 4.06. The first-order chi connectivity index (χ1) is 24.2. The molecule has 0 aliphatic carbocycles. The molecule has 1 aliphatic heterocycles. The summed E-state index contributed by atoms with van der Waals surface area (Å²) in [4.78, 5) is 11.8. The summed E-state index contributed by atoms with van der Waals surface area (Å²) in [6.45, 7) is 0. The lowest BCUT2D eigenvalue weighted by atomic mass is 10.0. The van der Waals surface area contributed by atoms with Gasteiger partial charge in [-0.25, -0.2) is 9.97 Å². The number of ether oxygens (including phenoxy) is 1. The third-order valence-electron chi connectivity index (χ3n) is 9.28. The van der Waals surface area contributed by atoms with Crippen LogP contribution in [0.1, 0.15) is 0 Å². The van der Waals surface area contributed by atoms with Gasteiger partial charge in [0.2, 0.25) is 11.8 Å². The Labute approximate surface area is 283 Å². The molecule has 0 bridgehead atoms. The molecule has 3 aromatic heterocycles. The Kier molecular flexibility index (Phi) is 5.45. The lowest BCUT2D eigenvalue weighted by Gasteiger charge is -2.33. The van der Waals surface area contributed by atoms with Crippen LogP contribution in [0.25, 0.3) is 76.1 Å². The van der Waals surface area contributed by atoms with Crippen molar-refractivity contribution in [1.82, 2.24) is 9.97 Å². The predicted octanol–water partition coefficient (Wildman–Crippen LogP) is 12.4. The van der Waals surface area contributed by atoms with Gasteiger partial charge < -0.3 is 18.5 Å². The van der Waals surface area contributed by atoms with E-state index in [1.807, 2.05) is 72.8 Å². The first-order valence-corrected chi connectivity index (χ1v) is 16.9. The molecule has 10 aromatic rings. The van der Waals surface area contributed by atoms with Gasteiger partial charge in [0.1, 0.15) is 11.0 Å². The highest BCUT2D eigenvalue weighted by molar-refractivity contribution is 7.26. The minimum atomic E-state index is 0.557.